The molecule has 68 valence electrons. The van der Waals surface area contributed by atoms with Gasteiger partial charge in [-0.2, -0.15) is 0 Å². The third-order valence-corrected chi connectivity index (χ3v) is 1.25. The van der Waals surface area contributed by atoms with Crippen molar-refractivity contribution in [3.05, 3.63) is 0 Å². The molecule has 1 atom stereocenters. The van der Waals surface area contributed by atoms with Crippen LogP contribution < -0.4 is 5.73 Å². The van der Waals surface area contributed by atoms with Crippen LogP contribution in [0.25, 0.3) is 0 Å². The second kappa shape index (κ2) is 7.98. The SMILES string of the molecule is CCCCOCCOC(C)N. The molecule has 0 saturated carbocycles. The van der Waals surface area contributed by atoms with Crippen LogP contribution in [0, 0.1) is 0 Å². The Kier molecular flexibility index (Phi) is 7.89. The number of rotatable bonds is 7. The molecule has 1 unspecified atom stereocenters. The highest BCUT2D eigenvalue weighted by Gasteiger charge is 1.92. The summed E-state index contributed by atoms with van der Waals surface area (Å²) in [5, 5.41) is 0. The van der Waals surface area contributed by atoms with Crippen molar-refractivity contribution in [1.82, 2.24) is 0 Å². The van der Waals surface area contributed by atoms with Crippen LogP contribution in [0.3, 0.4) is 0 Å². The van der Waals surface area contributed by atoms with E-state index in [2.05, 4.69) is 6.92 Å². The van der Waals surface area contributed by atoms with Gasteiger partial charge < -0.3 is 15.2 Å². The summed E-state index contributed by atoms with van der Waals surface area (Å²) < 4.78 is 10.3. The second-order valence-electron chi connectivity index (χ2n) is 2.54. The van der Waals surface area contributed by atoms with Gasteiger partial charge in [0.05, 0.1) is 13.2 Å². The minimum atomic E-state index is -0.176. The van der Waals surface area contributed by atoms with Gasteiger partial charge in [-0.15, -0.1) is 0 Å². The molecule has 0 fully saturated rings. The molecular formula is C8H19NO2. The Bertz CT molecular complexity index is 76.5. The van der Waals surface area contributed by atoms with E-state index >= 15 is 0 Å². The first-order chi connectivity index (χ1) is 5.27. The van der Waals surface area contributed by atoms with E-state index in [4.69, 9.17) is 15.2 Å². The third-order valence-electron chi connectivity index (χ3n) is 1.25. The topological polar surface area (TPSA) is 44.5 Å². The normalized spacial score (nSPS) is 13.4. The molecule has 0 aromatic rings. The van der Waals surface area contributed by atoms with E-state index in [0.29, 0.717) is 13.2 Å². The Labute approximate surface area is 68.9 Å². The molecular weight excluding hydrogens is 142 g/mol. The molecule has 0 amide bonds. The van der Waals surface area contributed by atoms with E-state index in [-0.39, 0.29) is 6.23 Å². The van der Waals surface area contributed by atoms with Gasteiger partial charge in [0.25, 0.3) is 0 Å². The van der Waals surface area contributed by atoms with Gasteiger partial charge in [0, 0.05) is 6.61 Å². The quantitative estimate of drug-likeness (QED) is 0.449. The smallest absolute Gasteiger partial charge is 0.102 e. The molecule has 3 heteroatoms. The van der Waals surface area contributed by atoms with Crippen LogP contribution in [-0.4, -0.2) is 26.0 Å². The third kappa shape index (κ3) is 9.88. The van der Waals surface area contributed by atoms with Gasteiger partial charge in [0.1, 0.15) is 6.23 Å². The molecule has 0 saturated heterocycles. The lowest BCUT2D eigenvalue weighted by atomic mass is 10.4. The Morgan fingerprint density at radius 2 is 2.00 bits per heavy atom. The molecule has 11 heavy (non-hydrogen) atoms. The van der Waals surface area contributed by atoms with Crippen molar-refractivity contribution < 1.29 is 9.47 Å². The lowest BCUT2D eigenvalue weighted by molar-refractivity contribution is 0.0144. The molecule has 0 heterocycles. The summed E-state index contributed by atoms with van der Waals surface area (Å²) >= 11 is 0. The molecule has 0 bridgehead atoms. The molecule has 0 rings (SSSR count). The summed E-state index contributed by atoms with van der Waals surface area (Å²) in [4.78, 5) is 0. The van der Waals surface area contributed by atoms with Gasteiger partial charge >= 0.3 is 0 Å². The van der Waals surface area contributed by atoms with Gasteiger partial charge in [0.2, 0.25) is 0 Å². The molecule has 0 radical (unpaired) electrons. The van der Waals surface area contributed by atoms with Crippen molar-refractivity contribution in [3.8, 4) is 0 Å². The van der Waals surface area contributed by atoms with Crippen LogP contribution in [0.5, 0.6) is 0 Å². The Balaban J connectivity index is 2.80. The van der Waals surface area contributed by atoms with Crippen LogP contribution in [-0.2, 0) is 9.47 Å². The molecule has 0 aliphatic heterocycles. The monoisotopic (exact) mass is 161 g/mol. The van der Waals surface area contributed by atoms with E-state index in [9.17, 15) is 0 Å². The average molecular weight is 161 g/mol. The maximum absolute atomic E-state index is 5.36. The van der Waals surface area contributed by atoms with Crippen molar-refractivity contribution in [2.45, 2.75) is 32.9 Å². The Morgan fingerprint density at radius 3 is 2.55 bits per heavy atom. The van der Waals surface area contributed by atoms with E-state index in [1.807, 2.05) is 6.92 Å². The summed E-state index contributed by atoms with van der Waals surface area (Å²) in [5.74, 6) is 0. The number of nitrogens with two attached hydrogens (primary N) is 1. The summed E-state index contributed by atoms with van der Waals surface area (Å²) in [5.41, 5.74) is 5.36. The highest BCUT2D eigenvalue weighted by Crippen LogP contribution is 1.88. The summed E-state index contributed by atoms with van der Waals surface area (Å²) in [6.45, 7) is 6.04. The lowest BCUT2D eigenvalue weighted by Crippen LogP contribution is -2.21. The highest BCUT2D eigenvalue weighted by atomic mass is 16.5. The number of hydrogen-bond acceptors (Lipinski definition) is 3. The summed E-state index contributed by atoms with van der Waals surface area (Å²) in [6.07, 6.45) is 2.12. The summed E-state index contributed by atoms with van der Waals surface area (Å²) in [6, 6.07) is 0. The van der Waals surface area contributed by atoms with Crippen molar-refractivity contribution in [2.75, 3.05) is 19.8 Å². The lowest BCUT2D eigenvalue weighted by Gasteiger charge is -2.07. The predicted octanol–water partition coefficient (Wildman–Crippen LogP) is 1.12. The standard InChI is InChI=1S/C8H19NO2/c1-3-4-5-10-6-7-11-8(2)9/h8H,3-7,9H2,1-2H3. The van der Waals surface area contributed by atoms with Crippen molar-refractivity contribution in [3.63, 3.8) is 0 Å². The molecule has 0 aliphatic rings. The minimum Gasteiger partial charge on any atom is -0.379 e. The fourth-order valence-corrected chi connectivity index (χ4v) is 0.641. The maximum atomic E-state index is 5.36. The van der Waals surface area contributed by atoms with Gasteiger partial charge in [0.15, 0.2) is 0 Å². The second-order valence-corrected chi connectivity index (χ2v) is 2.54. The van der Waals surface area contributed by atoms with E-state index in [0.717, 1.165) is 13.0 Å². The zero-order valence-electron chi connectivity index (χ0n) is 7.51. The molecule has 0 aromatic carbocycles. The van der Waals surface area contributed by atoms with Gasteiger partial charge in [-0.1, -0.05) is 13.3 Å². The van der Waals surface area contributed by atoms with Crippen LogP contribution >= 0.6 is 0 Å². The van der Waals surface area contributed by atoms with Crippen molar-refractivity contribution >= 4 is 0 Å². The molecule has 0 aromatic heterocycles. The number of hydrogen-bond donors (Lipinski definition) is 1. The predicted molar refractivity (Wildman–Crippen MR) is 45.3 cm³/mol. The first-order valence-corrected chi connectivity index (χ1v) is 4.22. The van der Waals surface area contributed by atoms with Crippen LogP contribution in [0.4, 0.5) is 0 Å². The minimum absolute atomic E-state index is 0.176. The molecule has 3 nitrogen and oxygen atoms in total. The van der Waals surface area contributed by atoms with Crippen LogP contribution in [0.1, 0.15) is 26.7 Å². The average Bonchev–Trinajstić information content (AvgIpc) is 1.96. The van der Waals surface area contributed by atoms with Gasteiger partial charge in [-0.05, 0) is 13.3 Å². The largest absolute Gasteiger partial charge is 0.379 e. The van der Waals surface area contributed by atoms with E-state index in [1.54, 1.807) is 0 Å². The van der Waals surface area contributed by atoms with Crippen molar-refractivity contribution in [1.29, 1.82) is 0 Å². The van der Waals surface area contributed by atoms with Gasteiger partial charge in [-0.25, -0.2) is 0 Å². The van der Waals surface area contributed by atoms with Crippen LogP contribution in [0.2, 0.25) is 0 Å². The fourth-order valence-electron chi connectivity index (χ4n) is 0.641. The Morgan fingerprint density at radius 1 is 1.27 bits per heavy atom. The number of unbranched alkanes of at least 4 members (excludes halogenated alkanes) is 1. The number of ether oxygens (including phenoxy) is 2. The molecule has 2 N–H and O–H groups in total. The Hall–Kier alpha value is -0.120. The zero-order chi connectivity index (χ0) is 8.53. The van der Waals surface area contributed by atoms with Crippen molar-refractivity contribution in [2.24, 2.45) is 5.73 Å². The van der Waals surface area contributed by atoms with E-state index in [1.165, 1.54) is 6.42 Å². The zero-order valence-corrected chi connectivity index (χ0v) is 7.51. The van der Waals surface area contributed by atoms with E-state index < -0.39 is 0 Å². The highest BCUT2D eigenvalue weighted by molar-refractivity contribution is 4.36. The first-order valence-electron chi connectivity index (χ1n) is 4.22. The maximum Gasteiger partial charge on any atom is 0.102 e. The van der Waals surface area contributed by atoms with Crippen LogP contribution in [0.15, 0.2) is 0 Å². The van der Waals surface area contributed by atoms with Gasteiger partial charge in [-0.3, -0.25) is 0 Å². The first kappa shape index (κ1) is 10.9. The summed E-state index contributed by atoms with van der Waals surface area (Å²) in [7, 11) is 0. The molecule has 0 aliphatic carbocycles. The fraction of sp³-hybridized carbons (Fsp3) is 1.00. The molecule has 0 spiro atoms.